The fourth-order valence-corrected chi connectivity index (χ4v) is 3.84. The van der Waals surface area contributed by atoms with E-state index in [-0.39, 0.29) is 35.2 Å². The van der Waals surface area contributed by atoms with E-state index in [1.165, 1.54) is 24.3 Å². The molecule has 4 rings (SSSR count). The number of aromatic hydroxyl groups is 3. The first-order chi connectivity index (χ1) is 15.2. The number of benzene rings is 2. The molecule has 0 unspecified atom stereocenters. The molecule has 1 saturated heterocycles. The Morgan fingerprint density at radius 3 is 2.38 bits per heavy atom. The molecule has 0 radical (unpaired) electrons. The average Bonchev–Trinajstić information content (AvgIpc) is 2.75. The lowest BCUT2D eigenvalue weighted by Gasteiger charge is -2.39. The predicted molar refractivity (Wildman–Crippen MR) is 105 cm³/mol. The summed E-state index contributed by atoms with van der Waals surface area (Å²) in [4.78, 5) is 0. The molecule has 0 aromatic heterocycles. The highest BCUT2D eigenvalue weighted by molar-refractivity contribution is 5.52. The number of rotatable bonds is 4. The number of fused-ring (bicyclic) bond motifs is 1. The van der Waals surface area contributed by atoms with Crippen LogP contribution in [0, 0.1) is 0 Å². The van der Waals surface area contributed by atoms with Crippen molar-refractivity contribution in [3.05, 3.63) is 41.5 Å². The maximum absolute atomic E-state index is 10.6. The van der Waals surface area contributed by atoms with E-state index >= 15 is 0 Å². The van der Waals surface area contributed by atoms with Crippen LogP contribution in [0.4, 0.5) is 0 Å². The molecule has 8 N–H and O–H groups in total. The summed E-state index contributed by atoms with van der Waals surface area (Å²) in [6.07, 6.45) is -9.59. The second-order valence-electron chi connectivity index (χ2n) is 7.79. The molecule has 2 aliphatic heterocycles. The standard InChI is InChI=1S/C21H24O11/c22-7-16-17(27)18(28)19(29)21(32-16)31-15-3-8(1-2-11(15)24)20-13(26)6-10-12(25)4-9(23)5-14(10)30-20/h1-5,13,16-29H,6-7H2/t13-,16+,17+,18-,19+,20-,21+/m0/s1. The first-order valence-corrected chi connectivity index (χ1v) is 9.89. The van der Waals surface area contributed by atoms with E-state index in [9.17, 15) is 40.9 Å². The predicted octanol–water partition coefficient (Wildman–Crippen LogP) is -0.981. The van der Waals surface area contributed by atoms with Crippen LogP contribution >= 0.6 is 0 Å². The van der Waals surface area contributed by atoms with Crippen molar-refractivity contribution >= 4 is 0 Å². The topological polar surface area (TPSA) is 190 Å². The van der Waals surface area contributed by atoms with E-state index in [0.717, 1.165) is 6.07 Å². The summed E-state index contributed by atoms with van der Waals surface area (Å²) in [6, 6.07) is 6.51. The Balaban J connectivity index is 1.59. The van der Waals surface area contributed by atoms with Gasteiger partial charge in [0.1, 0.15) is 47.8 Å². The van der Waals surface area contributed by atoms with Crippen molar-refractivity contribution in [2.75, 3.05) is 6.61 Å². The summed E-state index contributed by atoms with van der Waals surface area (Å²) < 4.78 is 16.6. The molecular weight excluding hydrogens is 428 g/mol. The molecule has 2 heterocycles. The Morgan fingerprint density at radius 1 is 0.906 bits per heavy atom. The molecule has 0 bridgehead atoms. The van der Waals surface area contributed by atoms with Crippen LogP contribution < -0.4 is 9.47 Å². The van der Waals surface area contributed by atoms with Gasteiger partial charge in [0.05, 0.1) is 12.7 Å². The zero-order chi connectivity index (χ0) is 23.2. The summed E-state index contributed by atoms with van der Waals surface area (Å²) >= 11 is 0. The van der Waals surface area contributed by atoms with Crippen LogP contribution in [-0.4, -0.2) is 84.3 Å². The van der Waals surface area contributed by atoms with Crippen molar-refractivity contribution in [2.24, 2.45) is 0 Å². The number of phenols is 3. The largest absolute Gasteiger partial charge is 0.508 e. The minimum absolute atomic E-state index is 0.0376. The zero-order valence-corrected chi connectivity index (χ0v) is 16.6. The molecule has 2 aromatic rings. The van der Waals surface area contributed by atoms with Crippen molar-refractivity contribution in [3.8, 4) is 28.7 Å². The van der Waals surface area contributed by atoms with Gasteiger partial charge in [-0.15, -0.1) is 0 Å². The van der Waals surface area contributed by atoms with Crippen LogP contribution in [0.5, 0.6) is 28.7 Å². The zero-order valence-electron chi connectivity index (χ0n) is 16.6. The van der Waals surface area contributed by atoms with Crippen LogP contribution in [0.3, 0.4) is 0 Å². The van der Waals surface area contributed by atoms with Crippen molar-refractivity contribution < 1.29 is 55.1 Å². The van der Waals surface area contributed by atoms with E-state index in [4.69, 9.17) is 14.2 Å². The third-order valence-electron chi connectivity index (χ3n) is 5.59. The SMILES string of the molecule is OC[C@H]1O[C@@H](Oc2cc([C@@H]3Oc4cc(O)cc(O)c4C[C@@H]3O)ccc2O)[C@H](O)[C@@H](O)[C@@H]1O. The van der Waals surface area contributed by atoms with Gasteiger partial charge in [0, 0.05) is 24.1 Å². The van der Waals surface area contributed by atoms with Gasteiger partial charge in [0.15, 0.2) is 11.5 Å². The van der Waals surface area contributed by atoms with Crippen molar-refractivity contribution in [2.45, 2.75) is 49.3 Å². The maximum Gasteiger partial charge on any atom is 0.229 e. The van der Waals surface area contributed by atoms with E-state index in [1.807, 2.05) is 0 Å². The third kappa shape index (κ3) is 4.01. The number of aliphatic hydroxyl groups is 5. The first kappa shape index (κ1) is 22.4. The lowest BCUT2D eigenvalue weighted by Crippen LogP contribution is -2.60. The summed E-state index contributed by atoms with van der Waals surface area (Å²) in [6.45, 7) is -0.641. The minimum atomic E-state index is -1.68. The summed E-state index contributed by atoms with van der Waals surface area (Å²) in [5, 5.41) is 79.7. The number of ether oxygens (including phenoxy) is 3. The molecule has 11 heteroatoms. The Hall–Kier alpha value is -2.80. The van der Waals surface area contributed by atoms with Crippen LogP contribution in [0.25, 0.3) is 0 Å². The van der Waals surface area contributed by atoms with Crippen molar-refractivity contribution in [3.63, 3.8) is 0 Å². The smallest absolute Gasteiger partial charge is 0.229 e. The van der Waals surface area contributed by atoms with Gasteiger partial charge in [-0.2, -0.15) is 0 Å². The lowest BCUT2D eigenvalue weighted by molar-refractivity contribution is -0.277. The Kier molecular flexibility index (Phi) is 6.03. The number of hydrogen-bond acceptors (Lipinski definition) is 11. The molecule has 2 aromatic carbocycles. The molecule has 32 heavy (non-hydrogen) atoms. The molecular formula is C21H24O11. The third-order valence-corrected chi connectivity index (χ3v) is 5.59. The second-order valence-corrected chi connectivity index (χ2v) is 7.79. The highest BCUT2D eigenvalue weighted by atomic mass is 16.7. The minimum Gasteiger partial charge on any atom is -0.508 e. The number of hydrogen-bond donors (Lipinski definition) is 8. The monoisotopic (exact) mass is 452 g/mol. The van der Waals surface area contributed by atoms with E-state index in [0.29, 0.717) is 11.1 Å². The normalized spacial score (nSPS) is 32.1. The first-order valence-electron chi connectivity index (χ1n) is 9.89. The molecule has 2 aliphatic rings. The van der Waals surface area contributed by atoms with E-state index < -0.39 is 49.5 Å². The summed E-state index contributed by atoms with van der Waals surface area (Å²) in [5.41, 5.74) is 0.700. The molecule has 0 aliphatic carbocycles. The van der Waals surface area contributed by atoms with Gasteiger partial charge in [-0.1, -0.05) is 6.07 Å². The molecule has 174 valence electrons. The molecule has 0 saturated carbocycles. The van der Waals surface area contributed by atoms with Crippen LogP contribution in [0.2, 0.25) is 0 Å². The molecule has 1 fully saturated rings. The van der Waals surface area contributed by atoms with Gasteiger partial charge in [0.25, 0.3) is 0 Å². The van der Waals surface area contributed by atoms with E-state index in [2.05, 4.69) is 0 Å². The maximum atomic E-state index is 10.6. The van der Waals surface area contributed by atoms with Crippen LogP contribution in [0.1, 0.15) is 17.2 Å². The average molecular weight is 452 g/mol. The lowest BCUT2D eigenvalue weighted by atomic mass is 9.94. The van der Waals surface area contributed by atoms with E-state index in [1.54, 1.807) is 0 Å². The van der Waals surface area contributed by atoms with Crippen molar-refractivity contribution in [1.29, 1.82) is 0 Å². The van der Waals surface area contributed by atoms with Crippen LogP contribution in [0.15, 0.2) is 30.3 Å². The molecule has 7 atom stereocenters. The Labute approximate surface area is 181 Å². The summed E-state index contributed by atoms with van der Waals surface area (Å²) in [7, 11) is 0. The van der Waals surface area contributed by atoms with Gasteiger partial charge >= 0.3 is 0 Å². The van der Waals surface area contributed by atoms with Crippen LogP contribution in [-0.2, 0) is 11.2 Å². The molecule has 0 amide bonds. The fourth-order valence-electron chi connectivity index (χ4n) is 3.84. The highest BCUT2D eigenvalue weighted by Gasteiger charge is 2.45. The Bertz CT molecular complexity index is 978. The Morgan fingerprint density at radius 2 is 1.66 bits per heavy atom. The quantitative estimate of drug-likeness (QED) is 0.285. The second kappa shape index (κ2) is 8.62. The van der Waals surface area contributed by atoms with Gasteiger partial charge in [0.2, 0.25) is 6.29 Å². The van der Waals surface area contributed by atoms with Gasteiger partial charge in [-0.3, -0.25) is 0 Å². The number of phenolic OH excluding ortho intramolecular Hbond substituents is 3. The van der Waals surface area contributed by atoms with Crippen molar-refractivity contribution in [1.82, 2.24) is 0 Å². The summed E-state index contributed by atoms with van der Waals surface area (Å²) in [5.74, 6) is -0.759. The number of aliphatic hydroxyl groups excluding tert-OH is 5. The fraction of sp³-hybridized carbons (Fsp3) is 0.429. The van der Waals surface area contributed by atoms with Gasteiger partial charge < -0.3 is 55.1 Å². The molecule has 11 nitrogen and oxygen atoms in total. The van der Waals surface area contributed by atoms with Gasteiger partial charge in [-0.05, 0) is 17.7 Å². The highest BCUT2D eigenvalue weighted by Crippen LogP contribution is 2.43. The molecule has 0 spiro atoms. The van der Waals surface area contributed by atoms with Gasteiger partial charge in [-0.25, -0.2) is 0 Å².